The molecule has 28 heavy (non-hydrogen) atoms. The largest absolute Gasteiger partial charge is 0.467 e. The Bertz CT molecular complexity index is 1050. The van der Waals surface area contributed by atoms with Crippen LogP contribution in [0.3, 0.4) is 0 Å². The first kappa shape index (κ1) is 19.9. The smallest absolute Gasteiger partial charge is 0.251 e. The van der Waals surface area contributed by atoms with Gasteiger partial charge in [-0.2, -0.15) is 0 Å². The Morgan fingerprint density at radius 3 is 2.50 bits per heavy atom. The molecular formula is C21H22N2O4S. The molecule has 1 amide bonds. The number of hydrogen-bond acceptors (Lipinski definition) is 4. The van der Waals surface area contributed by atoms with Gasteiger partial charge >= 0.3 is 0 Å². The van der Waals surface area contributed by atoms with Crippen molar-refractivity contribution in [2.24, 2.45) is 0 Å². The molecule has 2 N–H and O–H groups in total. The molecule has 1 atom stereocenters. The molecule has 3 aromatic rings. The molecule has 3 rings (SSSR count). The van der Waals surface area contributed by atoms with Crippen LogP contribution in [-0.2, 0) is 16.6 Å². The maximum absolute atomic E-state index is 12.8. The van der Waals surface area contributed by atoms with Crippen molar-refractivity contribution in [1.29, 1.82) is 0 Å². The SMILES string of the molecule is Cc1ccc(C(=O)N[C@H](C)c2ccco2)cc1S(=O)(=O)NCc1ccccc1. The molecule has 1 aromatic heterocycles. The van der Waals surface area contributed by atoms with E-state index in [1.165, 1.54) is 12.3 Å². The lowest BCUT2D eigenvalue weighted by Gasteiger charge is -2.14. The molecule has 0 saturated carbocycles. The second-order valence-corrected chi connectivity index (χ2v) is 8.24. The summed E-state index contributed by atoms with van der Waals surface area (Å²) in [6.07, 6.45) is 1.53. The Morgan fingerprint density at radius 2 is 1.82 bits per heavy atom. The summed E-state index contributed by atoms with van der Waals surface area (Å²) in [5.74, 6) is 0.251. The van der Waals surface area contributed by atoms with Crippen LogP contribution in [0.15, 0.2) is 76.2 Å². The minimum atomic E-state index is -3.77. The Hall–Kier alpha value is -2.90. The third-order valence-electron chi connectivity index (χ3n) is 4.37. The zero-order chi connectivity index (χ0) is 20.1. The van der Waals surface area contributed by atoms with E-state index in [2.05, 4.69) is 10.0 Å². The van der Waals surface area contributed by atoms with E-state index < -0.39 is 10.0 Å². The lowest BCUT2D eigenvalue weighted by molar-refractivity contribution is 0.0935. The highest BCUT2D eigenvalue weighted by Gasteiger charge is 2.20. The molecule has 0 radical (unpaired) electrons. The monoisotopic (exact) mass is 398 g/mol. The highest BCUT2D eigenvalue weighted by atomic mass is 32.2. The van der Waals surface area contributed by atoms with Crippen molar-refractivity contribution in [3.05, 3.63) is 89.4 Å². The second-order valence-electron chi connectivity index (χ2n) is 6.50. The number of carbonyl (C=O) groups is 1. The molecule has 0 aliphatic rings. The first-order valence-electron chi connectivity index (χ1n) is 8.85. The zero-order valence-electron chi connectivity index (χ0n) is 15.7. The van der Waals surface area contributed by atoms with Gasteiger partial charge in [0.05, 0.1) is 17.2 Å². The van der Waals surface area contributed by atoms with E-state index in [4.69, 9.17) is 4.42 Å². The Labute approximate surface area is 164 Å². The van der Waals surface area contributed by atoms with E-state index in [1.54, 1.807) is 38.1 Å². The van der Waals surface area contributed by atoms with Gasteiger partial charge in [-0.15, -0.1) is 0 Å². The van der Waals surface area contributed by atoms with Crippen LogP contribution in [0.1, 0.15) is 40.2 Å². The summed E-state index contributed by atoms with van der Waals surface area (Å²) in [4.78, 5) is 12.6. The van der Waals surface area contributed by atoms with Crippen molar-refractivity contribution in [1.82, 2.24) is 10.0 Å². The summed E-state index contributed by atoms with van der Waals surface area (Å²) in [7, 11) is -3.77. The summed E-state index contributed by atoms with van der Waals surface area (Å²) in [5, 5.41) is 2.81. The van der Waals surface area contributed by atoms with Gasteiger partial charge < -0.3 is 9.73 Å². The minimum Gasteiger partial charge on any atom is -0.467 e. The maximum atomic E-state index is 12.8. The number of carbonyl (C=O) groups excluding carboxylic acids is 1. The molecule has 2 aromatic carbocycles. The van der Waals surface area contributed by atoms with Crippen molar-refractivity contribution in [3.8, 4) is 0 Å². The summed E-state index contributed by atoms with van der Waals surface area (Å²) in [5.41, 5.74) is 1.69. The van der Waals surface area contributed by atoms with Gasteiger partial charge in [-0.05, 0) is 49.2 Å². The molecule has 0 saturated heterocycles. The molecule has 0 aliphatic heterocycles. The molecule has 0 bridgehead atoms. The molecular weight excluding hydrogens is 376 g/mol. The van der Waals surface area contributed by atoms with E-state index in [1.807, 2.05) is 30.3 Å². The lowest BCUT2D eigenvalue weighted by Crippen LogP contribution is -2.28. The lowest BCUT2D eigenvalue weighted by atomic mass is 10.1. The molecule has 0 spiro atoms. The number of aryl methyl sites for hydroxylation is 1. The average Bonchev–Trinajstić information content (AvgIpc) is 3.22. The van der Waals surface area contributed by atoms with Gasteiger partial charge in [0.1, 0.15) is 5.76 Å². The topological polar surface area (TPSA) is 88.4 Å². The Kier molecular flexibility index (Phi) is 5.96. The fourth-order valence-electron chi connectivity index (χ4n) is 2.77. The molecule has 146 valence electrons. The highest BCUT2D eigenvalue weighted by molar-refractivity contribution is 7.89. The van der Waals surface area contributed by atoms with Crippen LogP contribution in [0.4, 0.5) is 0 Å². The highest BCUT2D eigenvalue weighted by Crippen LogP contribution is 2.19. The number of sulfonamides is 1. The van der Waals surface area contributed by atoms with Crippen molar-refractivity contribution in [2.45, 2.75) is 31.3 Å². The van der Waals surface area contributed by atoms with Crippen LogP contribution in [0.25, 0.3) is 0 Å². The predicted molar refractivity (Wildman–Crippen MR) is 106 cm³/mol. The molecule has 0 fully saturated rings. The second kappa shape index (κ2) is 8.41. The standard InChI is InChI=1S/C21H22N2O4S/c1-15-10-11-18(21(24)23-16(2)19-9-6-12-27-19)13-20(15)28(25,26)22-14-17-7-4-3-5-8-17/h3-13,16,22H,14H2,1-2H3,(H,23,24)/t16-/m1/s1. The normalized spacial score (nSPS) is 12.5. The third kappa shape index (κ3) is 4.68. The van der Waals surface area contributed by atoms with Crippen LogP contribution in [0.5, 0.6) is 0 Å². The van der Waals surface area contributed by atoms with Crippen molar-refractivity contribution in [3.63, 3.8) is 0 Å². The molecule has 0 unspecified atom stereocenters. The first-order chi connectivity index (χ1) is 13.4. The van der Waals surface area contributed by atoms with E-state index >= 15 is 0 Å². The summed E-state index contributed by atoms with van der Waals surface area (Å²) >= 11 is 0. The van der Waals surface area contributed by atoms with E-state index in [9.17, 15) is 13.2 Å². The van der Waals surface area contributed by atoms with Crippen LogP contribution in [-0.4, -0.2) is 14.3 Å². The van der Waals surface area contributed by atoms with Crippen LogP contribution >= 0.6 is 0 Å². The van der Waals surface area contributed by atoms with Gasteiger partial charge in [-0.1, -0.05) is 36.4 Å². The first-order valence-corrected chi connectivity index (χ1v) is 10.3. The van der Waals surface area contributed by atoms with Gasteiger partial charge in [-0.25, -0.2) is 13.1 Å². The van der Waals surface area contributed by atoms with Gasteiger partial charge in [0, 0.05) is 12.1 Å². The third-order valence-corrected chi connectivity index (χ3v) is 5.91. The van der Waals surface area contributed by atoms with E-state index in [0.717, 1.165) is 5.56 Å². The molecule has 6 nitrogen and oxygen atoms in total. The number of benzene rings is 2. The van der Waals surface area contributed by atoms with Gasteiger partial charge in [-0.3, -0.25) is 4.79 Å². The molecule has 1 heterocycles. The predicted octanol–water partition coefficient (Wildman–Crippen LogP) is 3.56. The number of hydrogen-bond donors (Lipinski definition) is 2. The summed E-state index contributed by atoms with van der Waals surface area (Å²) in [6.45, 7) is 3.67. The van der Waals surface area contributed by atoms with Gasteiger partial charge in [0.25, 0.3) is 5.91 Å². The van der Waals surface area contributed by atoms with Gasteiger partial charge in [0.2, 0.25) is 10.0 Å². The fourth-order valence-corrected chi connectivity index (χ4v) is 4.06. The number of furan rings is 1. The average molecular weight is 398 g/mol. The van der Waals surface area contributed by atoms with Crippen molar-refractivity contribution < 1.29 is 17.6 Å². The maximum Gasteiger partial charge on any atom is 0.251 e. The Balaban J connectivity index is 1.77. The molecule has 7 heteroatoms. The zero-order valence-corrected chi connectivity index (χ0v) is 16.5. The number of nitrogens with one attached hydrogen (secondary N) is 2. The summed E-state index contributed by atoms with van der Waals surface area (Å²) in [6, 6.07) is 17.1. The minimum absolute atomic E-state index is 0.0849. The fraction of sp³-hybridized carbons (Fsp3) is 0.190. The van der Waals surface area contributed by atoms with E-state index in [-0.39, 0.29) is 29.0 Å². The molecule has 0 aliphatic carbocycles. The number of rotatable bonds is 7. The summed E-state index contributed by atoms with van der Waals surface area (Å²) < 4.78 is 33.4. The van der Waals surface area contributed by atoms with Gasteiger partial charge in [0.15, 0.2) is 0 Å². The Morgan fingerprint density at radius 1 is 1.07 bits per heavy atom. The van der Waals surface area contributed by atoms with Crippen molar-refractivity contribution >= 4 is 15.9 Å². The van der Waals surface area contributed by atoms with Crippen LogP contribution < -0.4 is 10.0 Å². The van der Waals surface area contributed by atoms with Crippen LogP contribution in [0.2, 0.25) is 0 Å². The van der Waals surface area contributed by atoms with Crippen LogP contribution in [0, 0.1) is 6.92 Å². The quantitative estimate of drug-likeness (QED) is 0.637. The van der Waals surface area contributed by atoms with Crippen molar-refractivity contribution in [2.75, 3.05) is 0 Å². The number of amides is 1. The van der Waals surface area contributed by atoms with E-state index in [0.29, 0.717) is 11.3 Å².